The summed E-state index contributed by atoms with van der Waals surface area (Å²) in [4.78, 5) is 24.5. The van der Waals surface area contributed by atoms with Crippen molar-refractivity contribution in [1.82, 2.24) is 10.6 Å². The molecule has 2 rings (SSSR count). The van der Waals surface area contributed by atoms with Crippen LogP contribution in [-0.4, -0.2) is 37.4 Å². The van der Waals surface area contributed by atoms with E-state index in [2.05, 4.69) is 16.0 Å². The van der Waals surface area contributed by atoms with Crippen molar-refractivity contribution in [2.24, 2.45) is 5.92 Å². The van der Waals surface area contributed by atoms with Gasteiger partial charge in [0.1, 0.15) is 11.4 Å². The van der Waals surface area contributed by atoms with Crippen LogP contribution in [0.25, 0.3) is 0 Å². The predicted molar refractivity (Wildman–Crippen MR) is 110 cm³/mol. The van der Waals surface area contributed by atoms with E-state index in [0.29, 0.717) is 18.2 Å². The third-order valence-corrected chi connectivity index (χ3v) is 4.75. The fourth-order valence-corrected chi connectivity index (χ4v) is 3.39. The van der Waals surface area contributed by atoms with Crippen LogP contribution in [0.2, 0.25) is 0 Å². The Morgan fingerprint density at radius 2 is 1.75 bits per heavy atom. The Kier molecular flexibility index (Phi) is 7.96. The Bertz CT molecular complexity index is 634. The summed E-state index contributed by atoms with van der Waals surface area (Å²) in [5.74, 6) is 1.07. The van der Waals surface area contributed by atoms with Gasteiger partial charge >= 0.3 is 12.1 Å². The van der Waals surface area contributed by atoms with E-state index < -0.39 is 11.7 Å². The third-order valence-electron chi connectivity index (χ3n) is 4.75. The van der Waals surface area contributed by atoms with Crippen LogP contribution in [0.4, 0.5) is 15.3 Å². The first-order chi connectivity index (χ1) is 13.3. The lowest BCUT2D eigenvalue weighted by atomic mass is 9.84. The number of hydrogen-bond donors (Lipinski definition) is 3. The highest BCUT2D eigenvalue weighted by Gasteiger charge is 2.26. The Hall–Kier alpha value is -2.44. The number of carbonyl (C=O) groups is 2. The van der Waals surface area contributed by atoms with Crippen LogP contribution in [0.3, 0.4) is 0 Å². The topological polar surface area (TPSA) is 88.7 Å². The molecule has 1 aliphatic carbocycles. The van der Waals surface area contributed by atoms with Gasteiger partial charge in [0.2, 0.25) is 0 Å². The van der Waals surface area contributed by atoms with Gasteiger partial charge in [0, 0.05) is 12.2 Å². The van der Waals surface area contributed by atoms with Crippen LogP contribution in [-0.2, 0) is 4.74 Å². The number of urea groups is 1. The number of benzene rings is 1. The Labute approximate surface area is 167 Å². The third kappa shape index (κ3) is 7.66. The van der Waals surface area contributed by atoms with Gasteiger partial charge in [0.25, 0.3) is 0 Å². The first kappa shape index (κ1) is 21.9. The van der Waals surface area contributed by atoms with Crippen molar-refractivity contribution in [1.29, 1.82) is 0 Å². The van der Waals surface area contributed by atoms with Gasteiger partial charge in [-0.1, -0.05) is 19.3 Å². The summed E-state index contributed by atoms with van der Waals surface area (Å²) in [5.41, 5.74) is 0.129. The molecule has 156 valence electrons. The number of ether oxygens (including phenoxy) is 2. The van der Waals surface area contributed by atoms with E-state index >= 15 is 0 Å². The Morgan fingerprint density at radius 3 is 2.32 bits per heavy atom. The molecule has 0 heterocycles. The maximum Gasteiger partial charge on any atom is 0.407 e. The van der Waals surface area contributed by atoms with Gasteiger partial charge in [-0.3, -0.25) is 0 Å². The molecular weight excluding hydrogens is 358 g/mol. The largest absolute Gasteiger partial charge is 0.497 e. The lowest BCUT2D eigenvalue weighted by Crippen LogP contribution is -2.50. The van der Waals surface area contributed by atoms with Crippen molar-refractivity contribution in [3.8, 4) is 5.75 Å². The second-order valence-corrected chi connectivity index (χ2v) is 8.21. The second-order valence-electron chi connectivity index (χ2n) is 8.21. The minimum Gasteiger partial charge on any atom is -0.497 e. The number of carbonyl (C=O) groups excluding carboxylic acids is 2. The predicted octanol–water partition coefficient (Wildman–Crippen LogP) is 4.29. The van der Waals surface area contributed by atoms with Gasteiger partial charge < -0.3 is 25.4 Å². The average Bonchev–Trinajstić information content (AvgIpc) is 2.65. The van der Waals surface area contributed by atoms with E-state index in [1.807, 2.05) is 20.8 Å². The molecule has 3 N–H and O–H groups in total. The molecule has 3 amide bonds. The van der Waals surface area contributed by atoms with E-state index in [1.165, 1.54) is 6.42 Å². The second kappa shape index (κ2) is 10.2. The maximum absolute atomic E-state index is 12.5. The van der Waals surface area contributed by atoms with Crippen molar-refractivity contribution in [3.63, 3.8) is 0 Å². The van der Waals surface area contributed by atoms with Crippen LogP contribution in [0, 0.1) is 5.92 Å². The maximum atomic E-state index is 12.5. The molecule has 1 fully saturated rings. The lowest BCUT2D eigenvalue weighted by Gasteiger charge is -2.31. The minimum absolute atomic E-state index is 0.147. The molecule has 1 aliphatic rings. The summed E-state index contributed by atoms with van der Waals surface area (Å²) in [6.07, 6.45) is 5.14. The molecule has 0 spiro atoms. The molecule has 7 heteroatoms. The summed E-state index contributed by atoms with van der Waals surface area (Å²) < 4.78 is 10.4. The monoisotopic (exact) mass is 391 g/mol. The quantitative estimate of drug-likeness (QED) is 0.675. The van der Waals surface area contributed by atoms with Crippen molar-refractivity contribution >= 4 is 17.8 Å². The highest BCUT2D eigenvalue weighted by Crippen LogP contribution is 2.26. The fraction of sp³-hybridized carbons (Fsp3) is 0.619. The Balaban J connectivity index is 1.93. The summed E-state index contributed by atoms with van der Waals surface area (Å²) in [6.45, 7) is 5.82. The van der Waals surface area contributed by atoms with E-state index in [0.717, 1.165) is 31.4 Å². The molecule has 0 radical (unpaired) electrons. The van der Waals surface area contributed by atoms with Crippen molar-refractivity contribution in [2.75, 3.05) is 19.0 Å². The van der Waals surface area contributed by atoms with Gasteiger partial charge in [-0.2, -0.15) is 0 Å². The molecule has 28 heavy (non-hydrogen) atoms. The Morgan fingerprint density at radius 1 is 1.11 bits per heavy atom. The van der Waals surface area contributed by atoms with Gasteiger partial charge in [0.15, 0.2) is 0 Å². The molecule has 7 nitrogen and oxygen atoms in total. The molecule has 0 aliphatic heterocycles. The molecule has 0 aromatic heterocycles. The first-order valence-electron chi connectivity index (χ1n) is 9.95. The molecule has 1 atom stereocenters. The molecule has 0 unspecified atom stereocenters. The van der Waals surface area contributed by atoms with Crippen LogP contribution < -0.4 is 20.7 Å². The lowest BCUT2D eigenvalue weighted by molar-refractivity contribution is 0.0516. The molecule has 1 saturated carbocycles. The van der Waals surface area contributed by atoms with Crippen LogP contribution in [0.15, 0.2) is 24.3 Å². The van der Waals surface area contributed by atoms with E-state index in [-0.39, 0.29) is 12.1 Å². The fourth-order valence-electron chi connectivity index (χ4n) is 3.39. The first-order valence-corrected chi connectivity index (χ1v) is 9.95. The normalized spacial score (nSPS) is 16.0. The summed E-state index contributed by atoms with van der Waals surface area (Å²) in [5, 5.41) is 8.67. The van der Waals surface area contributed by atoms with E-state index in [1.54, 1.807) is 31.4 Å². The smallest absolute Gasteiger partial charge is 0.407 e. The molecule has 0 bridgehead atoms. The minimum atomic E-state index is -0.552. The number of methoxy groups -OCH3 is 1. The van der Waals surface area contributed by atoms with Crippen molar-refractivity contribution in [3.05, 3.63) is 24.3 Å². The molecular formula is C21H33N3O4. The summed E-state index contributed by atoms with van der Waals surface area (Å²) in [7, 11) is 1.60. The standard InChI is InChI=1S/C21H33N3O4/c1-21(2,3)28-20(26)22-14-18(15-8-6-5-7-9-15)24-19(25)23-16-10-12-17(27-4)13-11-16/h10-13,15,18H,5-9,14H2,1-4H3,(H,22,26)(H2,23,24,25)/t18-/m0/s1. The van der Waals surface area contributed by atoms with E-state index in [4.69, 9.17) is 9.47 Å². The number of amides is 3. The average molecular weight is 392 g/mol. The van der Waals surface area contributed by atoms with Gasteiger partial charge in [-0.05, 0) is 63.8 Å². The van der Waals surface area contributed by atoms with Crippen molar-refractivity contribution < 1.29 is 19.1 Å². The van der Waals surface area contributed by atoms with Crippen LogP contribution >= 0.6 is 0 Å². The number of nitrogens with one attached hydrogen (secondary N) is 3. The number of alkyl carbamates (subject to hydrolysis) is 1. The summed E-state index contributed by atoms with van der Waals surface area (Å²) in [6, 6.07) is 6.72. The zero-order valence-corrected chi connectivity index (χ0v) is 17.3. The number of rotatable bonds is 6. The highest BCUT2D eigenvalue weighted by atomic mass is 16.6. The van der Waals surface area contributed by atoms with Gasteiger partial charge in [-0.15, -0.1) is 0 Å². The van der Waals surface area contributed by atoms with Crippen molar-refractivity contribution in [2.45, 2.75) is 64.5 Å². The molecule has 0 saturated heterocycles. The van der Waals surface area contributed by atoms with Crippen LogP contribution in [0.1, 0.15) is 52.9 Å². The molecule has 1 aromatic carbocycles. The van der Waals surface area contributed by atoms with E-state index in [9.17, 15) is 9.59 Å². The zero-order chi connectivity index (χ0) is 20.6. The zero-order valence-electron chi connectivity index (χ0n) is 17.3. The summed E-state index contributed by atoms with van der Waals surface area (Å²) >= 11 is 0. The van der Waals surface area contributed by atoms with Gasteiger partial charge in [-0.25, -0.2) is 9.59 Å². The SMILES string of the molecule is COc1ccc(NC(=O)N[C@@H](CNC(=O)OC(C)(C)C)C2CCCCC2)cc1. The number of hydrogen-bond acceptors (Lipinski definition) is 4. The number of anilines is 1. The van der Waals surface area contributed by atoms with Crippen LogP contribution in [0.5, 0.6) is 5.75 Å². The molecule has 1 aromatic rings. The van der Waals surface area contributed by atoms with Gasteiger partial charge in [0.05, 0.1) is 13.2 Å². The highest BCUT2D eigenvalue weighted by molar-refractivity contribution is 5.89.